The number of carboxylic acid groups (broad SMARTS) is 1. The second-order valence-electron chi connectivity index (χ2n) is 5.00. The van der Waals surface area contributed by atoms with Crippen LogP contribution in [0.3, 0.4) is 0 Å². The fraction of sp³-hybridized carbons (Fsp3) is 0.615. The van der Waals surface area contributed by atoms with Gasteiger partial charge in [0.25, 0.3) is 0 Å². The molecule has 0 spiro atoms. The van der Waals surface area contributed by atoms with Crippen LogP contribution in [-0.2, 0) is 16.1 Å². The smallest absolute Gasteiger partial charge is 0.320 e. The zero-order valence-corrected chi connectivity index (χ0v) is 12.3. The molecule has 1 atom stereocenters. The quantitative estimate of drug-likeness (QED) is 0.887. The molecule has 0 aromatic carbocycles. The fourth-order valence-electron chi connectivity index (χ4n) is 2.43. The molecule has 6 nitrogen and oxygen atoms in total. The topological polar surface area (TPSA) is 82.5 Å². The van der Waals surface area contributed by atoms with Gasteiger partial charge in [0.2, 0.25) is 5.91 Å². The van der Waals surface area contributed by atoms with Crippen LogP contribution in [0, 0.1) is 0 Å². The van der Waals surface area contributed by atoms with Gasteiger partial charge in [-0.3, -0.25) is 14.5 Å². The van der Waals surface area contributed by atoms with Crippen LogP contribution in [0.4, 0.5) is 5.13 Å². The zero-order valence-electron chi connectivity index (χ0n) is 11.5. The molecule has 7 heteroatoms. The average molecular weight is 297 g/mol. The number of carbonyl (C=O) groups excluding carboxylic acids is 1. The molecule has 0 saturated carbocycles. The molecule has 1 aromatic heterocycles. The third kappa shape index (κ3) is 4.01. The molecular weight excluding hydrogens is 278 g/mol. The van der Waals surface area contributed by atoms with Crippen molar-refractivity contribution in [2.24, 2.45) is 0 Å². The van der Waals surface area contributed by atoms with E-state index in [9.17, 15) is 14.7 Å². The first kappa shape index (κ1) is 14.9. The molecule has 1 saturated heterocycles. The lowest BCUT2D eigenvalue weighted by Gasteiger charge is -2.25. The Kier molecular flexibility index (Phi) is 5.08. The number of rotatable bonds is 4. The van der Waals surface area contributed by atoms with Gasteiger partial charge in [0.1, 0.15) is 6.04 Å². The average Bonchev–Trinajstić information content (AvgIpc) is 2.65. The predicted molar refractivity (Wildman–Crippen MR) is 76.7 cm³/mol. The molecule has 110 valence electrons. The Bertz CT molecular complexity index is 489. The Morgan fingerprint density at radius 2 is 2.30 bits per heavy atom. The minimum absolute atomic E-state index is 0.149. The van der Waals surface area contributed by atoms with Crippen molar-refractivity contribution in [1.29, 1.82) is 0 Å². The summed E-state index contributed by atoms with van der Waals surface area (Å²) in [7, 11) is 0. The monoisotopic (exact) mass is 297 g/mol. The number of amides is 1. The summed E-state index contributed by atoms with van der Waals surface area (Å²) in [5.41, 5.74) is 0.812. The molecule has 1 aliphatic rings. The summed E-state index contributed by atoms with van der Waals surface area (Å²) in [6.45, 7) is 2.74. The van der Waals surface area contributed by atoms with Crippen molar-refractivity contribution in [3.63, 3.8) is 0 Å². The summed E-state index contributed by atoms with van der Waals surface area (Å²) in [5, 5.41) is 14.4. The van der Waals surface area contributed by atoms with Gasteiger partial charge in [-0.05, 0) is 19.4 Å². The summed E-state index contributed by atoms with van der Waals surface area (Å²) >= 11 is 1.36. The van der Waals surface area contributed by atoms with Crippen molar-refractivity contribution in [2.75, 3.05) is 11.9 Å². The number of aromatic nitrogens is 1. The van der Waals surface area contributed by atoms with E-state index in [4.69, 9.17) is 0 Å². The molecule has 0 aliphatic carbocycles. The maximum absolute atomic E-state index is 11.3. The van der Waals surface area contributed by atoms with Crippen molar-refractivity contribution < 1.29 is 14.7 Å². The van der Waals surface area contributed by atoms with Gasteiger partial charge < -0.3 is 10.4 Å². The molecule has 1 aromatic rings. The van der Waals surface area contributed by atoms with Gasteiger partial charge >= 0.3 is 5.97 Å². The Morgan fingerprint density at radius 1 is 1.50 bits per heavy atom. The number of hydrogen-bond donors (Lipinski definition) is 2. The molecular formula is C13H19N3O3S. The number of nitrogens with zero attached hydrogens (tertiary/aromatic N) is 2. The molecule has 1 unspecified atom stereocenters. The minimum atomic E-state index is -0.760. The summed E-state index contributed by atoms with van der Waals surface area (Å²) in [4.78, 5) is 28.6. The van der Waals surface area contributed by atoms with Crippen molar-refractivity contribution in [3.05, 3.63) is 11.1 Å². The van der Waals surface area contributed by atoms with Crippen LogP contribution in [0.15, 0.2) is 5.38 Å². The predicted octanol–water partition coefficient (Wildman–Crippen LogP) is 1.93. The van der Waals surface area contributed by atoms with Crippen LogP contribution in [0.25, 0.3) is 0 Å². The number of hydrogen-bond acceptors (Lipinski definition) is 5. The first-order valence-electron chi connectivity index (χ1n) is 6.75. The number of nitrogens with one attached hydrogen (secondary N) is 1. The van der Waals surface area contributed by atoms with Gasteiger partial charge in [-0.1, -0.05) is 12.8 Å². The minimum Gasteiger partial charge on any atom is -0.480 e. The highest BCUT2D eigenvalue weighted by Gasteiger charge is 2.27. The van der Waals surface area contributed by atoms with Gasteiger partial charge in [-0.15, -0.1) is 11.3 Å². The first-order chi connectivity index (χ1) is 9.56. The lowest BCUT2D eigenvalue weighted by molar-refractivity contribution is -0.143. The van der Waals surface area contributed by atoms with Crippen LogP contribution < -0.4 is 5.32 Å². The highest BCUT2D eigenvalue weighted by molar-refractivity contribution is 7.13. The number of aliphatic carboxylic acids is 1. The van der Waals surface area contributed by atoms with Gasteiger partial charge in [0.15, 0.2) is 5.13 Å². The van der Waals surface area contributed by atoms with Crippen molar-refractivity contribution in [1.82, 2.24) is 9.88 Å². The molecule has 2 heterocycles. The van der Waals surface area contributed by atoms with E-state index < -0.39 is 12.0 Å². The molecule has 1 fully saturated rings. The molecule has 1 amide bonds. The molecule has 1 aliphatic heterocycles. The third-order valence-corrected chi connectivity index (χ3v) is 4.16. The summed E-state index contributed by atoms with van der Waals surface area (Å²) < 4.78 is 0. The van der Waals surface area contributed by atoms with Crippen LogP contribution >= 0.6 is 11.3 Å². The van der Waals surface area contributed by atoms with E-state index in [0.717, 1.165) is 31.5 Å². The second kappa shape index (κ2) is 6.81. The Hall–Kier alpha value is -1.47. The highest BCUT2D eigenvalue weighted by atomic mass is 32.1. The van der Waals surface area contributed by atoms with Crippen LogP contribution in [0.2, 0.25) is 0 Å². The standard InChI is InChI=1S/C13H19N3O3S/c1-9(17)14-13-15-10(8-20-13)7-16-6-4-2-3-5-11(16)12(18)19/h8,11H,2-7H2,1H3,(H,18,19)(H,14,15,17). The number of likely N-dealkylation sites (tertiary alicyclic amines) is 1. The second-order valence-corrected chi connectivity index (χ2v) is 5.86. The zero-order chi connectivity index (χ0) is 14.5. The Balaban J connectivity index is 2.03. The van der Waals surface area contributed by atoms with E-state index in [1.807, 2.05) is 10.3 Å². The van der Waals surface area contributed by atoms with E-state index in [-0.39, 0.29) is 5.91 Å². The molecule has 2 rings (SSSR count). The number of carboxylic acids is 1. The number of thiazole rings is 1. The molecule has 0 bridgehead atoms. The third-order valence-electron chi connectivity index (χ3n) is 3.35. The summed E-state index contributed by atoms with van der Waals surface area (Å²) in [6.07, 6.45) is 3.75. The molecule has 2 N–H and O–H groups in total. The van der Waals surface area contributed by atoms with Gasteiger partial charge in [-0.2, -0.15) is 0 Å². The number of anilines is 1. The van der Waals surface area contributed by atoms with Crippen molar-refractivity contribution in [3.8, 4) is 0 Å². The van der Waals surface area contributed by atoms with E-state index >= 15 is 0 Å². The molecule has 20 heavy (non-hydrogen) atoms. The lowest BCUT2D eigenvalue weighted by Crippen LogP contribution is -2.40. The highest BCUT2D eigenvalue weighted by Crippen LogP contribution is 2.22. The van der Waals surface area contributed by atoms with Gasteiger partial charge in [-0.25, -0.2) is 4.98 Å². The first-order valence-corrected chi connectivity index (χ1v) is 7.63. The fourth-order valence-corrected chi connectivity index (χ4v) is 3.18. The largest absolute Gasteiger partial charge is 0.480 e. The van der Waals surface area contributed by atoms with E-state index in [2.05, 4.69) is 10.3 Å². The Labute approximate surface area is 121 Å². The summed E-state index contributed by atoms with van der Waals surface area (Å²) in [5.74, 6) is -0.909. The van der Waals surface area contributed by atoms with Crippen molar-refractivity contribution >= 4 is 28.3 Å². The normalized spacial score (nSPS) is 20.4. The van der Waals surface area contributed by atoms with Crippen LogP contribution in [0.1, 0.15) is 38.3 Å². The molecule has 0 radical (unpaired) electrons. The maximum atomic E-state index is 11.3. The van der Waals surface area contributed by atoms with Crippen LogP contribution in [0.5, 0.6) is 0 Å². The summed E-state index contributed by atoms with van der Waals surface area (Å²) in [6, 6.07) is -0.427. The Morgan fingerprint density at radius 3 is 3.00 bits per heavy atom. The number of carbonyl (C=O) groups is 2. The van der Waals surface area contributed by atoms with E-state index in [1.165, 1.54) is 18.3 Å². The van der Waals surface area contributed by atoms with Gasteiger partial charge in [0.05, 0.1) is 5.69 Å². The van der Waals surface area contributed by atoms with E-state index in [1.54, 1.807) is 0 Å². The van der Waals surface area contributed by atoms with Crippen LogP contribution in [-0.4, -0.2) is 39.5 Å². The van der Waals surface area contributed by atoms with E-state index in [0.29, 0.717) is 18.1 Å². The SMILES string of the molecule is CC(=O)Nc1nc(CN2CCCCCC2C(=O)O)cs1. The lowest BCUT2D eigenvalue weighted by atomic mass is 10.1. The van der Waals surface area contributed by atoms with Crippen molar-refractivity contribution in [2.45, 2.75) is 45.2 Å². The van der Waals surface area contributed by atoms with Gasteiger partial charge in [0, 0.05) is 18.8 Å². The maximum Gasteiger partial charge on any atom is 0.320 e.